The van der Waals surface area contributed by atoms with Crippen molar-refractivity contribution in [3.05, 3.63) is 59.7 Å². The van der Waals surface area contributed by atoms with Gasteiger partial charge in [-0.2, -0.15) is 0 Å². The van der Waals surface area contributed by atoms with E-state index >= 15 is 0 Å². The lowest BCUT2D eigenvalue weighted by atomic mass is 10.1. The zero-order valence-electron chi connectivity index (χ0n) is 20.6. The Hall–Kier alpha value is -3.02. The molecule has 1 saturated carbocycles. The number of unbranched alkanes of at least 4 members (excludes halogenated alkanes) is 2. The van der Waals surface area contributed by atoms with Gasteiger partial charge in [-0.15, -0.1) is 0 Å². The molecule has 2 aromatic carbocycles. The maximum absolute atomic E-state index is 13.3. The fourth-order valence-corrected chi connectivity index (χ4v) is 3.63. The Kier molecular flexibility index (Phi) is 9.80. The number of rotatable bonds is 14. The first-order chi connectivity index (χ1) is 16.5. The van der Waals surface area contributed by atoms with Crippen LogP contribution in [0.2, 0.25) is 0 Å². The number of hydrogen-bond donors (Lipinski definition) is 0. The molecule has 6 heteroatoms. The fourth-order valence-electron chi connectivity index (χ4n) is 3.63. The van der Waals surface area contributed by atoms with Crippen LogP contribution in [0.25, 0.3) is 0 Å². The van der Waals surface area contributed by atoms with Gasteiger partial charge in [0.15, 0.2) is 0 Å². The third-order valence-corrected chi connectivity index (χ3v) is 5.71. The van der Waals surface area contributed by atoms with E-state index in [1.54, 1.807) is 0 Å². The van der Waals surface area contributed by atoms with Crippen LogP contribution in [0.15, 0.2) is 48.5 Å². The largest absolute Gasteiger partial charge is 0.493 e. The van der Waals surface area contributed by atoms with Gasteiger partial charge in [0, 0.05) is 30.1 Å². The van der Waals surface area contributed by atoms with Gasteiger partial charge in [0.2, 0.25) is 0 Å². The lowest BCUT2D eigenvalue weighted by Gasteiger charge is -2.28. The smallest absolute Gasteiger partial charge is 0.305 e. The summed E-state index contributed by atoms with van der Waals surface area (Å²) >= 11 is 0. The van der Waals surface area contributed by atoms with Crippen LogP contribution in [0, 0.1) is 0 Å². The molecule has 0 N–H and O–H groups in total. The molecular formula is C28H37NO5. The average Bonchev–Trinajstić information content (AvgIpc) is 3.64. The van der Waals surface area contributed by atoms with Gasteiger partial charge in [-0.1, -0.05) is 18.2 Å². The number of benzene rings is 2. The summed E-state index contributed by atoms with van der Waals surface area (Å²) in [5.41, 5.74) is 1.63. The minimum Gasteiger partial charge on any atom is -0.493 e. The molecule has 1 aliphatic carbocycles. The minimum atomic E-state index is -0.141. The number of para-hydroxylation sites is 1. The van der Waals surface area contributed by atoms with E-state index in [0.29, 0.717) is 37.8 Å². The Labute approximate surface area is 203 Å². The third kappa shape index (κ3) is 8.08. The van der Waals surface area contributed by atoms with E-state index in [9.17, 15) is 9.59 Å². The highest BCUT2D eigenvalue weighted by atomic mass is 16.5. The van der Waals surface area contributed by atoms with Crippen molar-refractivity contribution in [1.82, 2.24) is 4.90 Å². The highest BCUT2D eigenvalue weighted by Crippen LogP contribution is 2.27. The summed E-state index contributed by atoms with van der Waals surface area (Å²) in [7, 11) is 0. The predicted molar refractivity (Wildman–Crippen MR) is 132 cm³/mol. The number of esters is 1. The lowest BCUT2D eigenvalue weighted by Crippen LogP contribution is -2.36. The Bertz CT molecular complexity index is 921. The van der Waals surface area contributed by atoms with Crippen molar-refractivity contribution in [2.45, 2.75) is 78.0 Å². The van der Waals surface area contributed by atoms with Crippen molar-refractivity contribution in [2.75, 3.05) is 13.2 Å². The van der Waals surface area contributed by atoms with Gasteiger partial charge in [-0.25, -0.2) is 0 Å². The van der Waals surface area contributed by atoms with Crippen molar-refractivity contribution < 1.29 is 23.8 Å². The Morgan fingerprint density at radius 2 is 1.74 bits per heavy atom. The van der Waals surface area contributed by atoms with Gasteiger partial charge in [0.1, 0.15) is 11.5 Å². The molecule has 34 heavy (non-hydrogen) atoms. The van der Waals surface area contributed by atoms with E-state index in [2.05, 4.69) is 0 Å². The number of carbonyl (C=O) groups excluding carboxylic acids is 2. The molecule has 0 spiro atoms. The Morgan fingerprint density at radius 1 is 1.00 bits per heavy atom. The molecule has 0 unspecified atom stereocenters. The van der Waals surface area contributed by atoms with Crippen LogP contribution in [0.5, 0.6) is 11.5 Å². The third-order valence-electron chi connectivity index (χ3n) is 5.71. The first-order valence-corrected chi connectivity index (χ1v) is 12.4. The molecule has 0 radical (unpaired) electrons. The molecule has 0 atom stereocenters. The normalized spacial score (nSPS) is 12.9. The molecule has 1 amide bonds. The summed E-state index contributed by atoms with van der Waals surface area (Å²) in [6.07, 6.45) is 5.55. The van der Waals surface area contributed by atoms with Crippen molar-refractivity contribution in [3.63, 3.8) is 0 Å². The topological polar surface area (TPSA) is 65.1 Å². The van der Waals surface area contributed by atoms with Gasteiger partial charge in [-0.05, 0) is 83.2 Å². The first kappa shape index (κ1) is 25.6. The van der Waals surface area contributed by atoms with Gasteiger partial charge < -0.3 is 19.1 Å². The Balaban J connectivity index is 1.54. The van der Waals surface area contributed by atoms with Crippen LogP contribution < -0.4 is 9.47 Å². The molecule has 1 aliphatic rings. The molecule has 1 fully saturated rings. The number of amides is 1. The van der Waals surface area contributed by atoms with Crippen molar-refractivity contribution in [2.24, 2.45) is 0 Å². The van der Waals surface area contributed by atoms with E-state index in [0.717, 1.165) is 49.2 Å². The predicted octanol–water partition coefficient (Wildman–Crippen LogP) is 5.78. The van der Waals surface area contributed by atoms with Gasteiger partial charge in [0.05, 0.1) is 19.3 Å². The SMILES string of the molecule is CCOC(=O)CCCCCOc1ccccc1CN(C(=O)c1ccc(OC2CC2)cc1)C(C)C. The second-order valence-electron chi connectivity index (χ2n) is 8.94. The highest BCUT2D eigenvalue weighted by molar-refractivity contribution is 5.94. The molecule has 0 saturated heterocycles. The van der Waals surface area contributed by atoms with Gasteiger partial charge in [-0.3, -0.25) is 9.59 Å². The number of nitrogens with zero attached hydrogens (tertiary/aromatic N) is 1. The molecule has 0 aromatic heterocycles. The first-order valence-electron chi connectivity index (χ1n) is 12.4. The molecule has 0 bridgehead atoms. The zero-order chi connectivity index (χ0) is 24.3. The van der Waals surface area contributed by atoms with Crippen LogP contribution in [0.1, 0.15) is 75.2 Å². The summed E-state index contributed by atoms with van der Waals surface area (Å²) in [5.74, 6) is 1.45. The van der Waals surface area contributed by atoms with Crippen LogP contribution in [-0.2, 0) is 16.1 Å². The summed E-state index contributed by atoms with van der Waals surface area (Å²) in [6, 6.07) is 15.3. The van der Waals surface area contributed by atoms with E-state index in [1.807, 2.05) is 74.2 Å². The molecule has 3 rings (SSSR count). The van der Waals surface area contributed by atoms with Crippen LogP contribution in [0.3, 0.4) is 0 Å². The second-order valence-corrected chi connectivity index (χ2v) is 8.94. The van der Waals surface area contributed by atoms with Crippen molar-refractivity contribution in [1.29, 1.82) is 0 Å². The van der Waals surface area contributed by atoms with Crippen LogP contribution in [0.4, 0.5) is 0 Å². The molecule has 184 valence electrons. The second kappa shape index (κ2) is 13.0. The zero-order valence-corrected chi connectivity index (χ0v) is 20.6. The van der Waals surface area contributed by atoms with E-state index < -0.39 is 0 Å². The standard InChI is InChI=1S/C28H37NO5/c1-4-32-27(30)12-6-5-9-19-33-26-11-8-7-10-23(26)20-29(21(2)3)28(31)22-13-15-24(16-14-22)34-25-17-18-25/h7-8,10-11,13-16,21,25H,4-6,9,12,17-20H2,1-3H3. The summed E-state index contributed by atoms with van der Waals surface area (Å²) in [6.45, 7) is 7.32. The highest BCUT2D eigenvalue weighted by Gasteiger charge is 2.24. The molecule has 6 nitrogen and oxygen atoms in total. The molecular weight excluding hydrogens is 430 g/mol. The minimum absolute atomic E-state index is 0.0123. The maximum atomic E-state index is 13.3. The molecule has 2 aromatic rings. The summed E-state index contributed by atoms with van der Waals surface area (Å²) < 4.78 is 16.8. The number of hydrogen-bond acceptors (Lipinski definition) is 5. The maximum Gasteiger partial charge on any atom is 0.305 e. The Morgan fingerprint density at radius 3 is 2.41 bits per heavy atom. The molecule has 0 heterocycles. The molecule has 0 aliphatic heterocycles. The average molecular weight is 468 g/mol. The quantitative estimate of drug-likeness (QED) is 0.260. The number of ether oxygens (including phenoxy) is 3. The van der Waals surface area contributed by atoms with E-state index in [-0.39, 0.29) is 17.9 Å². The van der Waals surface area contributed by atoms with Crippen LogP contribution >= 0.6 is 0 Å². The van der Waals surface area contributed by atoms with E-state index in [1.165, 1.54) is 0 Å². The summed E-state index contributed by atoms with van der Waals surface area (Å²) in [5, 5.41) is 0. The van der Waals surface area contributed by atoms with Gasteiger partial charge >= 0.3 is 5.97 Å². The van der Waals surface area contributed by atoms with Crippen LogP contribution in [-0.4, -0.2) is 42.1 Å². The van der Waals surface area contributed by atoms with Gasteiger partial charge in [0.25, 0.3) is 5.91 Å². The summed E-state index contributed by atoms with van der Waals surface area (Å²) in [4.78, 5) is 26.6. The van der Waals surface area contributed by atoms with Crippen molar-refractivity contribution in [3.8, 4) is 11.5 Å². The van der Waals surface area contributed by atoms with E-state index in [4.69, 9.17) is 14.2 Å². The fraction of sp³-hybridized carbons (Fsp3) is 0.500. The van der Waals surface area contributed by atoms with Crippen molar-refractivity contribution >= 4 is 11.9 Å². The monoisotopic (exact) mass is 467 g/mol. The number of carbonyl (C=O) groups is 2. The lowest BCUT2D eigenvalue weighted by molar-refractivity contribution is -0.143.